The van der Waals surface area contributed by atoms with Crippen LogP contribution in [0.2, 0.25) is 0 Å². The number of aliphatic hydroxyl groups is 1. The maximum absolute atomic E-state index is 13.1. The van der Waals surface area contributed by atoms with E-state index in [1.165, 1.54) is 167 Å². The molecule has 3 atom stereocenters. The lowest BCUT2D eigenvalue weighted by molar-refractivity contribution is -0.870. The average molecular weight is 1160 g/mol. The van der Waals surface area contributed by atoms with Gasteiger partial charge in [-0.1, -0.05) is 316 Å². The van der Waals surface area contributed by atoms with Crippen LogP contribution in [0, 0.1) is 0 Å². The number of allylic oxidation sites excluding steroid dienone is 18. The van der Waals surface area contributed by atoms with E-state index >= 15 is 0 Å². The fourth-order valence-corrected chi connectivity index (χ4v) is 10.5. The molecule has 0 aliphatic heterocycles. The summed E-state index contributed by atoms with van der Waals surface area (Å²) in [5.41, 5.74) is 0. The molecule has 9 heteroatoms. The van der Waals surface area contributed by atoms with Gasteiger partial charge in [0.2, 0.25) is 5.91 Å². The van der Waals surface area contributed by atoms with Crippen molar-refractivity contribution in [2.24, 2.45) is 0 Å². The third kappa shape index (κ3) is 64.7. The summed E-state index contributed by atoms with van der Waals surface area (Å²) in [4.78, 5) is 23.4. The zero-order chi connectivity index (χ0) is 59.8. The molecule has 3 unspecified atom stereocenters. The van der Waals surface area contributed by atoms with Gasteiger partial charge in [0.15, 0.2) is 0 Å². The van der Waals surface area contributed by atoms with Crippen molar-refractivity contribution < 1.29 is 32.9 Å². The smallest absolute Gasteiger partial charge is 0.391 e. The predicted octanol–water partition coefficient (Wildman–Crippen LogP) is 21.9. The monoisotopic (exact) mass is 1160 g/mol. The molecular formula is C73H132N2O6P+. The van der Waals surface area contributed by atoms with E-state index in [2.05, 4.69) is 129 Å². The minimum absolute atomic E-state index is 0.0623. The van der Waals surface area contributed by atoms with E-state index in [0.29, 0.717) is 23.9 Å². The van der Waals surface area contributed by atoms with Crippen molar-refractivity contribution in [2.75, 3.05) is 40.9 Å². The van der Waals surface area contributed by atoms with Crippen LogP contribution in [-0.2, 0) is 18.4 Å². The summed E-state index contributed by atoms with van der Waals surface area (Å²) in [6, 6.07) is -0.789. The highest BCUT2D eigenvalue weighted by molar-refractivity contribution is 7.47. The van der Waals surface area contributed by atoms with Crippen molar-refractivity contribution in [2.45, 2.75) is 309 Å². The van der Waals surface area contributed by atoms with Gasteiger partial charge < -0.3 is 19.8 Å². The average Bonchev–Trinajstić information content (AvgIpc) is 3.47. The van der Waals surface area contributed by atoms with E-state index in [-0.39, 0.29) is 19.1 Å². The lowest BCUT2D eigenvalue weighted by atomic mass is 10.0. The van der Waals surface area contributed by atoms with Crippen LogP contribution in [0.4, 0.5) is 0 Å². The largest absolute Gasteiger partial charge is 0.472 e. The summed E-state index contributed by atoms with van der Waals surface area (Å²) in [5.74, 6) is -0.177. The minimum atomic E-state index is -4.35. The molecule has 0 bridgehead atoms. The van der Waals surface area contributed by atoms with Gasteiger partial charge in [-0.15, -0.1) is 0 Å². The first-order chi connectivity index (χ1) is 40.0. The third-order valence-corrected chi connectivity index (χ3v) is 16.0. The molecule has 1 amide bonds. The lowest BCUT2D eigenvalue weighted by Crippen LogP contribution is -2.46. The highest BCUT2D eigenvalue weighted by Crippen LogP contribution is 2.43. The molecule has 0 aromatic heterocycles. The molecule has 0 spiro atoms. The van der Waals surface area contributed by atoms with Crippen LogP contribution in [0.1, 0.15) is 296 Å². The number of hydrogen-bond acceptors (Lipinski definition) is 5. The van der Waals surface area contributed by atoms with Crippen molar-refractivity contribution in [3.8, 4) is 0 Å². The van der Waals surface area contributed by atoms with Gasteiger partial charge in [-0.2, -0.15) is 0 Å². The first kappa shape index (κ1) is 79.2. The van der Waals surface area contributed by atoms with E-state index in [9.17, 15) is 19.4 Å². The number of nitrogens with one attached hydrogen (secondary N) is 1. The number of likely N-dealkylation sites (N-methyl/N-ethyl adjacent to an activating group) is 1. The van der Waals surface area contributed by atoms with Gasteiger partial charge in [0.1, 0.15) is 13.2 Å². The van der Waals surface area contributed by atoms with Crippen LogP contribution in [0.5, 0.6) is 0 Å². The number of aliphatic hydroxyl groups excluding tert-OH is 1. The lowest BCUT2D eigenvalue weighted by Gasteiger charge is -2.26. The summed E-state index contributed by atoms with van der Waals surface area (Å²) in [7, 11) is 1.58. The highest BCUT2D eigenvalue weighted by Gasteiger charge is 2.28. The number of carbonyl (C=O) groups is 1. The number of amides is 1. The Morgan fingerprint density at radius 1 is 0.427 bits per heavy atom. The number of unbranched alkanes of at least 4 members (excludes halogenated alkanes) is 31. The second-order valence-electron chi connectivity index (χ2n) is 24.2. The number of phosphoric ester groups is 1. The summed E-state index contributed by atoms with van der Waals surface area (Å²) in [6.45, 7) is 4.77. The SMILES string of the molecule is CC/C=C\C/C=C\C/C=C\C/C=C\C/C=C\C/C=C\C/C=C\C/C=C\C/C=C\CCCCCC(=O)NC(COP(=O)(O)OCC[N+](C)(C)C)C(O)CCCCCCCCCCCCCCCCCCCCCCCCCCCCCCC. The molecule has 0 aliphatic rings. The Kier molecular flexibility index (Phi) is 60.5. The first-order valence-corrected chi connectivity index (χ1v) is 35.7. The van der Waals surface area contributed by atoms with E-state index < -0.39 is 20.0 Å². The number of quaternary nitrogens is 1. The third-order valence-electron chi connectivity index (χ3n) is 15.0. The molecule has 0 fully saturated rings. The molecule has 0 heterocycles. The maximum atomic E-state index is 13.1. The van der Waals surface area contributed by atoms with Gasteiger partial charge in [0, 0.05) is 6.42 Å². The van der Waals surface area contributed by atoms with Crippen LogP contribution < -0.4 is 5.32 Å². The Morgan fingerprint density at radius 3 is 1.06 bits per heavy atom. The Morgan fingerprint density at radius 2 is 0.732 bits per heavy atom. The molecule has 0 aromatic carbocycles. The molecular weight excluding hydrogens is 1030 g/mol. The van der Waals surface area contributed by atoms with E-state index in [0.717, 1.165) is 103 Å². The molecule has 0 saturated carbocycles. The quantitative estimate of drug-likeness (QED) is 0.0243. The molecule has 474 valence electrons. The molecule has 3 N–H and O–H groups in total. The highest BCUT2D eigenvalue weighted by atomic mass is 31.2. The van der Waals surface area contributed by atoms with Crippen molar-refractivity contribution in [1.29, 1.82) is 0 Å². The van der Waals surface area contributed by atoms with E-state index in [1.54, 1.807) is 0 Å². The number of carbonyl (C=O) groups excluding carboxylic acids is 1. The summed E-state index contributed by atoms with van der Waals surface area (Å²) < 4.78 is 23.9. The number of rotatable bonds is 62. The van der Waals surface area contributed by atoms with Crippen LogP contribution in [0.15, 0.2) is 109 Å². The van der Waals surface area contributed by atoms with Crippen molar-refractivity contribution >= 4 is 13.7 Å². The summed E-state index contributed by atoms with van der Waals surface area (Å²) >= 11 is 0. The Hall–Kier alpha value is -2.84. The molecule has 0 radical (unpaired) electrons. The summed E-state index contributed by atoms with van der Waals surface area (Å²) in [5, 5.41) is 14.1. The van der Waals surface area contributed by atoms with Gasteiger partial charge in [-0.05, 0) is 83.5 Å². The predicted molar refractivity (Wildman–Crippen MR) is 359 cm³/mol. The number of nitrogens with zero attached hydrogens (tertiary/aromatic N) is 1. The zero-order valence-electron chi connectivity index (χ0n) is 54.2. The normalized spacial score (nSPS) is 14.4. The van der Waals surface area contributed by atoms with Gasteiger partial charge >= 0.3 is 7.82 Å². The standard InChI is InChI=1S/C73H131N2O6P/c1-6-8-10-12-14-16-18-20-22-24-26-28-30-32-34-36-37-39-41-43-45-47-49-51-53-55-57-59-61-63-65-67-73(77)74-71(70-81-82(78,79)80-69-68-75(3,4)5)72(76)66-64-62-60-58-56-54-52-50-48-46-44-42-40-38-35-33-31-29-27-25-23-21-19-17-15-13-11-9-7-2/h8,10,14,16,20,22,26,28,32,34,37,39,43,45,49,51,55,57,71-72,76H,6-7,9,11-13,15,17-19,21,23-25,27,29-31,33,35-36,38,40-42,44,46-48,50,52-54,56,58-70H2,1-5H3,(H-,74,77,78,79)/p+1/b10-8-,16-14-,22-20-,28-26-,34-32-,39-37-,45-43-,51-49-,57-55-. The minimum Gasteiger partial charge on any atom is -0.391 e. The van der Waals surface area contributed by atoms with Crippen molar-refractivity contribution in [1.82, 2.24) is 5.32 Å². The number of phosphoric acid groups is 1. The number of hydrogen-bond donors (Lipinski definition) is 3. The second-order valence-corrected chi connectivity index (χ2v) is 25.6. The van der Waals surface area contributed by atoms with E-state index in [4.69, 9.17) is 9.05 Å². The Labute approximate surface area is 508 Å². The van der Waals surface area contributed by atoms with Gasteiger partial charge in [0.25, 0.3) is 0 Å². The van der Waals surface area contributed by atoms with Crippen molar-refractivity contribution in [3.05, 3.63) is 109 Å². The fraction of sp³-hybridized carbons (Fsp3) is 0.740. The molecule has 8 nitrogen and oxygen atoms in total. The summed E-state index contributed by atoms with van der Waals surface area (Å²) in [6.07, 6.45) is 91.8. The molecule has 0 rings (SSSR count). The topological polar surface area (TPSA) is 105 Å². The van der Waals surface area contributed by atoms with Crippen LogP contribution in [0.25, 0.3) is 0 Å². The van der Waals surface area contributed by atoms with Gasteiger partial charge in [-0.3, -0.25) is 13.8 Å². The maximum Gasteiger partial charge on any atom is 0.472 e. The molecule has 0 aromatic rings. The van der Waals surface area contributed by atoms with Gasteiger partial charge in [-0.25, -0.2) is 4.57 Å². The first-order valence-electron chi connectivity index (χ1n) is 34.3. The van der Waals surface area contributed by atoms with Crippen LogP contribution in [0.3, 0.4) is 0 Å². The van der Waals surface area contributed by atoms with E-state index in [1.807, 2.05) is 21.1 Å². The Balaban J connectivity index is 4.18. The molecule has 0 aliphatic carbocycles. The van der Waals surface area contributed by atoms with Crippen molar-refractivity contribution in [3.63, 3.8) is 0 Å². The molecule has 82 heavy (non-hydrogen) atoms. The zero-order valence-corrected chi connectivity index (χ0v) is 55.1. The van der Waals surface area contributed by atoms with Crippen LogP contribution >= 0.6 is 7.82 Å². The van der Waals surface area contributed by atoms with Gasteiger partial charge in [0.05, 0.1) is 39.9 Å². The Bertz CT molecular complexity index is 1700. The molecule has 0 saturated heterocycles. The van der Waals surface area contributed by atoms with Crippen LogP contribution in [-0.4, -0.2) is 73.4 Å². The fourth-order valence-electron chi connectivity index (χ4n) is 9.75. The second kappa shape index (κ2) is 62.7.